The fraction of sp³-hybridized carbons (Fsp3) is 0.364. The first-order valence-electron chi connectivity index (χ1n) is 5.98. The number of azide groups is 1. The highest BCUT2D eigenvalue weighted by Gasteiger charge is 2.08. The van der Waals surface area contributed by atoms with Crippen molar-refractivity contribution in [3.05, 3.63) is 44.8 Å². The smallest absolute Gasteiger partial charge is 0.433 e. The predicted octanol–water partition coefficient (Wildman–Crippen LogP) is 3.80. The van der Waals surface area contributed by atoms with E-state index in [0.29, 0.717) is 18.1 Å². The number of benzene rings is 1. The molecule has 0 atom stereocenters. The van der Waals surface area contributed by atoms with E-state index in [-0.39, 0.29) is 18.0 Å². The number of nitro groups is 1. The third kappa shape index (κ3) is 7.62. The van der Waals surface area contributed by atoms with Crippen molar-refractivity contribution in [1.82, 2.24) is 0 Å². The second-order valence-corrected chi connectivity index (χ2v) is 6.25. The van der Waals surface area contributed by atoms with Gasteiger partial charge in [-0.05, 0) is 17.7 Å². The molecule has 0 amide bonds. The lowest BCUT2D eigenvalue weighted by molar-refractivity contribution is -0.384. The molecule has 1 rings (SSSR count). The van der Waals surface area contributed by atoms with Crippen LogP contribution in [0.3, 0.4) is 0 Å². The Labute approximate surface area is 133 Å². The maximum Gasteiger partial charge on any atom is 0.513 e. The third-order valence-electron chi connectivity index (χ3n) is 2.06. The van der Waals surface area contributed by atoms with Gasteiger partial charge < -0.3 is 9.47 Å². The van der Waals surface area contributed by atoms with Crippen LogP contribution in [0.25, 0.3) is 10.4 Å². The van der Waals surface area contributed by atoms with Crippen LogP contribution >= 0.6 is 21.6 Å². The molecule has 0 unspecified atom stereocenters. The van der Waals surface area contributed by atoms with E-state index in [2.05, 4.69) is 10.0 Å². The van der Waals surface area contributed by atoms with Crippen LogP contribution in [0.5, 0.6) is 5.75 Å². The fourth-order valence-corrected chi connectivity index (χ4v) is 2.84. The van der Waals surface area contributed by atoms with Crippen molar-refractivity contribution < 1.29 is 19.2 Å². The van der Waals surface area contributed by atoms with E-state index in [1.165, 1.54) is 45.9 Å². The number of hydrogen-bond donors (Lipinski definition) is 0. The van der Waals surface area contributed by atoms with Crippen LogP contribution in [0, 0.1) is 10.1 Å². The molecule has 0 saturated carbocycles. The Morgan fingerprint density at radius 3 is 2.64 bits per heavy atom. The molecule has 0 radical (unpaired) electrons. The Kier molecular flexibility index (Phi) is 8.65. The molecule has 0 aliphatic rings. The zero-order chi connectivity index (χ0) is 16.2. The van der Waals surface area contributed by atoms with Crippen molar-refractivity contribution >= 4 is 33.4 Å². The maximum absolute atomic E-state index is 11.4. The fourth-order valence-electron chi connectivity index (χ4n) is 1.16. The highest BCUT2D eigenvalue weighted by molar-refractivity contribution is 8.76. The van der Waals surface area contributed by atoms with Crippen molar-refractivity contribution in [3.8, 4) is 5.75 Å². The van der Waals surface area contributed by atoms with Crippen LogP contribution in [0.2, 0.25) is 0 Å². The molecule has 9 nitrogen and oxygen atoms in total. The number of rotatable bonds is 9. The second-order valence-electron chi connectivity index (χ2n) is 3.55. The first kappa shape index (κ1) is 18.0. The summed E-state index contributed by atoms with van der Waals surface area (Å²) in [6.45, 7) is 0.586. The maximum atomic E-state index is 11.4. The summed E-state index contributed by atoms with van der Waals surface area (Å²) in [6.07, 6.45) is -0.867. The van der Waals surface area contributed by atoms with E-state index >= 15 is 0 Å². The molecule has 118 valence electrons. The molecule has 1 aromatic rings. The topological polar surface area (TPSA) is 127 Å². The van der Waals surface area contributed by atoms with E-state index in [1.54, 1.807) is 0 Å². The zero-order valence-electron chi connectivity index (χ0n) is 11.3. The number of nitrogens with zero attached hydrogens (tertiary/aromatic N) is 4. The normalized spacial score (nSPS) is 9.64. The summed E-state index contributed by atoms with van der Waals surface area (Å²) in [5.41, 5.74) is 7.98. The molecule has 0 aromatic heterocycles. The largest absolute Gasteiger partial charge is 0.513 e. The number of hydrogen-bond acceptors (Lipinski definition) is 8. The monoisotopic (exact) mass is 344 g/mol. The average molecular weight is 344 g/mol. The molecule has 0 saturated heterocycles. The van der Waals surface area contributed by atoms with Gasteiger partial charge in [0.15, 0.2) is 0 Å². The van der Waals surface area contributed by atoms with Gasteiger partial charge in [-0.25, -0.2) is 4.79 Å². The molecule has 0 fully saturated rings. The van der Waals surface area contributed by atoms with E-state index < -0.39 is 11.1 Å². The highest BCUT2D eigenvalue weighted by atomic mass is 33.1. The van der Waals surface area contributed by atoms with Gasteiger partial charge in [0.2, 0.25) is 0 Å². The Hall–Kier alpha value is -2.10. The van der Waals surface area contributed by atoms with Gasteiger partial charge in [-0.1, -0.05) is 26.7 Å². The van der Waals surface area contributed by atoms with Crippen LogP contribution in [0.1, 0.15) is 0 Å². The third-order valence-corrected chi connectivity index (χ3v) is 4.41. The molecule has 0 aliphatic heterocycles. The standard InChI is InChI=1S/C11H12N4O5S2/c12-14-13-5-7-21-22-8-6-19-11(16)20-10-3-1-9(2-4-10)15(17)18/h1-4H,5-8H2. The van der Waals surface area contributed by atoms with E-state index in [4.69, 9.17) is 15.0 Å². The zero-order valence-corrected chi connectivity index (χ0v) is 12.9. The first-order valence-corrected chi connectivity index (χ1v) is 8.46. The van der Waals surface area contributed by atoms with E-state index in [0.717, 1.165) is 0 Å². The van der Waals surface area contributed by atoms with Gasteiger partial charge in [0.1, 0.15) is 12.4 Å². The van der Waals surface area contributed by atoms with Gasteiger partial charge in [-0.3, -0.25) is 10.1 Å². The molecule has 1 aromatic carbocycles. The lowest BCUT2D eigenvalue weighted by atomic mass is 10.3. The predicted molar refractivity (Wildman–Crippen MR) is 84.0 cm³/mol. The Morgan fingerprint density at radius 2 is 2.00 bits per heavy atom. The summed E-state index contributed by atoms with van der Waals surface area (Å²) in [7, 11) is 2.99. The van der Waals surface area contributed by atoms with Crippen molar-refractivity contribution in [1.29, 1.82) is 0 Å². The Bertz CT molecular complexity index is 548. The van der Waals surface area contributed by atoms with Gasteiger partial charge in [0.05, 0.1) is 4.92 Å². The molecular formula is C11H12N4O5S2. The molecular weight excluding hydrogens is 332 g/mol. The minimum absolute atomic E-state index is 0.0881. The second kappa shape index (κ2) is 10.6. The molecule has 11 heteroatoms. The van der Waals surface area contributed by atoms with Crippen molar-refractivity contribution in [2.24, 2.45) is 5.11 Å². The van der Waals surface area contributed by atoms with Crippen molar-refractivity contribution in [2.75, 3.05) is 24.7 Å². The average Bonchev–Trinajstić information content (AvgIpc) is 2.50. The van der Waals surface area contributed by atoms with Crippen molar-refractivity contribution in [3.63, 3.8) is 0 Å². The van der Waals surface area contributed by atoms with Gasteiger partial charge in [0.25, 0.3) is 5.69 Å². The van der Waals surface area contributed by atoms with E-state index in [9.17, 15) is 14.9 Å². The SMILES string of the molecule is [N-]=[N+]=NCCSSCCOC(=O)Oc1ccc([N+](=O)[O-])cc1. The lowest BCUT2D eigenvalue weighted by Gasteiger charge is -2.05. The van der Waals surface area contributed by atoms with Crippen LogP contribution in [0.15, 0.2) is 29.4 Å². The van der Waals surface area contributed by atoms with Gasteiger partial charge in [-0.15, -0.1) is 0 Å². The van der Waals surface area contributed by atoms with E-state index in [1.807, 2.05) is 0 Å². The number of carbonyl (C=O) groups excluding carboxylic acids is 1. The molecule has 0 N–H and O–H groups in total. The lowest BCUT2D eigenvalue weighted by Crippen LogP contribution is -2.12. The Morgan fingerprint density at radius 1 is 1.32 bits per heavy atom. The minimum Gasteiger partial charge on any atom is -0.433 e. The van der Waals surface area contributed by atoms with Crippen LogP contribution in [-0.2, 0) is 4.74 Å². The van der Waals surface area contributed by atoms with Gasteiger partial charge in [-0.2, -0.15) is 0 Å². The van der Waals surface area contributed by atoms with Crippen LogP contribution in [-0.4, -0.2) is 35.7 Å². The summed E-state index contributed by atoms with van der Waals surface area (Å²) < 4.78 is 9.69. The van der Waals surface area contributed by atoms with Gasteiger partial charge >= 0.3 is 6.16 Å². The minimum atomic E-state index is -0.867. The van der Waals surface area contributed by atoms with Gasteiger partial charge in [0, 0.05) is 35.1 Å². The quantitative estimate of drug-likeness (QED) is 0.0766. The number of ether oxygens (including phenoxy) is 2. The number of carbonyl (C=O) groups is 1. The first-order chi connectivity index (χ1) is 10.6. The van der Waals surface area contributed by atoms with Crippen LogP contribution in [0.4, 0.5) is 10.5 Å². The molecule has 22 heavy (non-hydrogen) atoms. The number of nitro benzene ring substituents is 1. The number of non-ortho nitro benzene ring substituents is 1. The molecule has 0 spiro atoms. The molecule has 0 bridgehead atoms. The summed E-state index contributed by atoms with van der Waals surface area (Å²) in [5.74, 6) is 1.42. The summed E-state index contributed by atoms with van der Waals surface area (Å²) >= 11 is 0. The molecule has 0 heterocycles. The van der Waals surface area contributed by atoms with Crippen molar-refractivity contribution in [2.45, 2.75) is 0 Å². The Balaban J connectivity index is 2.15. The molecule has 0 aliphatic carbocycles. The highest BCUT2D eigenvalue weighted by Crippen LogP contribution is 2.20. The summed E-state index contributed by atoms with van der Waals surface area (Å²) in [5, 5.41) is 13.8. The van der Waals surface area contributed by atoms with Crippen LogP contribution < -0.4 is 4.74 Å². The summed E-state index contributed by atoms with van der Waals surface area (Å²) in [6, 6.07) is 5.11. The summed E-state index contributed by atoms with van der Waals surface area (Å²) in [4.78, 5) is 23.9.